The highest BCUT2D eigenvalue weighted by atomic mass is 32.1. The van der Waals surface area contributed by atoms with E-state index in [1.807, 2.05) is 13.8 Å². The minimum absolute atomic E-state index is 0.0630. The highest BCUT2D eigenvalue weighted by Crippen LogP contribution is 2.02. The first kappa shape index (κ1) is 15.8. The Balaban J connectivity index is 4.44. The van der Waals surface area contributed by atoms with Crippen LogP contribution in [0, 0.1) is 5.92 Å². The van der Waals surface area contributed by atoms with Gasteiger partial charge in [0.2, 0.25) is 11.8 Å². The highest BCUT2D eigenvalue weighted by molar-refractivity contribution is 7.80. The van der Waals surface area contributed by atoms with E-state index < -0.39 is 5.92 Å². The van der Waals surface area contributed by atoms with Crippen LogP contribution in [0.1, 0.15) is 20.8 Å². The molecule has 0 aliphatic carbocycles. The summed E-state index contributed by atoms with van der Waals surface area (Å²) < 4.78 is 0. The zero-order valence-electron chi connectivity index (χ0n) is 10.9. The van der Waals surface area contributed by atoms with Crippen LogP contribution in [0.2, 0.25) is 0 Å². The van der Waals surface area contributed by atoms with Crippen LogP contribution in [0.3, 0.4) is 0 Å². The summed E-state index contributed by atoms with van der Waals surface area (Å²) in [7, 11) is 1.58. The van der Waals surface area contributed by atoms with Crippen LogP contribution >= 0.6 is 12.2 Å². The van der Waals surface area contributed by atoms with Crippen molar-refractivity contribution in [1.29, 1.82) is 0 Å². The van der Waals surface area contributed by atoms with Gasteiger partial charge in [0.25, 0.3) is 0 Å². The van der Waals surface area contributed by atoms with Gasteiger partial charge in [0.1, 0.15) is 0 Å². The molecule has 6 heteroatoms. The fourth-order valence-electron chi connectivity index (χ4n) is 1.41. The lowest BCUT2D eigenvalue weighted by Gasteiger charge is -2.24. The molecule has 2 amide bonds. The summed E-state index contributed by atoms with van der Waals surface area (Å²) in [5, 5.41) is 0. The maximum atomic E-state index is 11.8. The number of nitrogens with zero attached hydrogens (tertiary/aromatic N) is 2. The maximum Gasteiger partial charge on any atom is 0.242 e. The highest BCUT2D eigenvalue weighted by Gasteiger charge is 2.22. The van der Waals surface area contributed by atoms with Gasteiger partial charge in [0, 0.05) is 20.1 Å². The van der Waals surface area contributed by atoms with Crippen molar-refractivity contribution in [2.75, 3.05) is 26.7 Å². The Morgan fingerprint density at radius 2 is 1.76 bits per heavy atom. The third-order valence-electron chi connectivity index (χ3n) is 2.66. The Hall–Kier alpha value is -1.17. The predicted molar refractivity (Wildman–Crippen MR) is 71.5 cm³/mol. The fourth-order valence-corrected chi connectivity index (χ4v) is 1.51. The molecule has 5 nitrogen and oxygen atoms in total. The van der Waals surface area contributed by atoms with Gasteiger partial charge >= 0.3 is 0 Å². The van der Waals surface area contributed by atoms with E-state index >= 15 is 0 Å². The average Bonchev–Trinajstić information content (AvgIpc) is 2.28. The van der Waals surface area contributed by atoms with Crippen LogP contribution in [0.4, 0.5) is 0 Å². The standard InChI is InChI=1S/C11H21N3O2S/c1-5-14(6-2)9(15)7-13(4)11(16)8(3)10(12)17/h8H,5-7H2,1-4H3,(H2,12,17). The van der Waals surface area contributed by atoms with E-state index in [4.69, 9.17) is 18.0 Å². The van der Waals surface area contributed by atoms with E-state index in [1.54, 1.807) is 18.9 Å². The summed E-state index contributed by atoms with van der Waals surface area (Å²) in [4.78, 5) is 26.8. The molecule has 2 N–H and O–H groups in total. The van der Waals surface area contributed by atoms with Gasteiger partial charge in [-0.05, 0) is 20.8 Å². The molecule has 0 aliphatic rings. The molecule has 0 radical (unpaired) electrons. The van der Waals surface area contributed by atoms with Crippen LogP contribution < -0.4 is 5.73 Å². The second-order valence-corrected chi connectivity index (χ2v) is 4.36. The van der Waals surface area contributed by atoms with Gasteiger partial charge in [-0.25, -0.2) is 0 Å². The van der Waals surface area contributed by atoms with Gasteiger partial charge in [-0.15, -0.1) is 0 Å². The number of likely N-dealkylation sites (N-methyl/N-ethyl adjacent to an activating group) is 2. The number of nitrogens with two attached hydrogens (primary N) is 1. The number of carbonyl (C=O) groups is 2. The smallest absolute Gasteiger partial charge is 0.242 e. The minimum atomic E-state index is -0.528. The van der Waals surface area contributed by atoms with Crippen molar-refractivity contribution < 1.29 is 9.59 Å². The molecule has 0 aromatic carbocycles. The van der Waals surface area contributed by atoms with Crippen LogP contribution in [-0.4, -0.2) is 53.3 Å². The lowest BCUT2D eigenvalue weighted by Crippen LogP contribution is -2.44. The van der Waals surface area contributed by atoms with E-state index in [0.717, 1.165) is 0 Å². The zero-order valence-corrected chi connectivity index (χ0v) is 11.7. The van der Waals surface area contributed by atoms with Crippen molar-refractivity contribution in [2.24, 2.45) is 11.7 Å². The Morgan fingerprint density at radius 3 is 2.12 bits per heavy atom. The van der Waals surface area contributed by atoms with Crippen molar-refractivity contribution in [3.05, 3.63) is 0 Å². The van der Waals surface area contributed by atoms with E-state index in [0.29, 0.717) is 13.1 Å². The van der Waals surface area contributed by atoms with Gasteiger partial charge in [0.15, 0.2) is 0 Å². The van der Waals surface area contributed by atoms with E-state index in [9.17, 15) is 9.59 Å². The van der Waals surface area contributed by atoms with Crippen LogP contribution in [-0.2, 0) is 9.59 Å². The lowest BCUT2D eigenvalue weighted by atomic mass is 10.1. The molecular weight excluding hydrogens is 238 g/mol. The van der Waals surface area contributed by atoms with E-state index in [1.165, 1.54) is 4.90 Å². The van der Waals surface area contributed by atoms with Crippen LogP contribution in [0.25, 0.3) is 0 Å². The molecule has 0 bridgehead atoms. The van der Waals surface area contributed by atoms with Crippen molar-refractivity contribution in [3.8, 4) is 0 Å². The second kappa shape index (κ2) is 7.21. The quantitative estimate of drug-likeness (QED) is 0.694. The maximum absolute atomic E-state index is 11.8. The number of carbonyl (C=O) groups excluding carboxylic acids is 2. The summed E-state index contributed by atoms with van der Waals surface area (Å²) >= 11 is 4.76. The van der Waals surface area contributed by atoms with Crippen molar-refractivity contribution in [1.82, 2.24) is 9.80 Å². The molecule has 1 atom stereocenters. The SMILES string of the molecule is CCN(CC)C(=O)CN(C)C(=O)C(C)C(N)=S. The van der Waals surface area contributed by atoms with Crippen molar-refractivity contribution >= 4 is 29.0 Å². The molecule has 0 rings (SSSR count). The molecule has 0 heterocycles. The van der Waals surface area contributed by atoms with Gasteiger partial charge in [-0.2, -0.15) is 0 Å². The van der Waals surface area contributed by atoms with Gasteiger partial charge in [-0.3, -0.25) is 9.59 Å². The molecule has 0 saturated heterocycles. The number of hydrogen-bond acceptors (Lipinski definition) is 3. The molecule has 0 spiro atoms. The minimum Gasteiger partial charge on any atom is -0.393 e. The van der Waals surface area contributed by atoms with Crippen LogP contribution in [0.15, 0.2) is 0 Å². The molecule has 1 unspecified atom stereocenters. The molecular formula is C11H21N3O2S. The summed E-state index contributed by atoms with van der Waals surface area (Å²) in [6.45, 7) is 6.79. The van der Waals surface area contributed by atoms with Crippen molar-refractivity contribution in [2.45, 2.75) is 20.8 Å². The third kappa shape index (κ3) is 4.68. The lowest BCUT2D eigenvalue weighted by molar-refractivity contribution is -0.140. The summed E-state index contributed by atoms with van der Waals surface area (Å²) in [5.41, 5.74) is 5.41. The molecule has 98 valence electrons. The van der Waals surface area contributed by atoms with E-state index in [2.05, 4.69) is 0 Å². The topological polar surface area (TPSA) is 66.6 Å². The number of amides is 2. The third-order valence-corrected chi connectivity index (χ3v) is 3.02. The number of hydrogen-bond donors (Lipinski definition) is 1. The summed E-state index contributed by atoms with van der Waals surface area (Å²) in [5.74, 6) is -0.821. The monoisotopic (exact) mass is 259 g/mol. The van der Waals surface area contributed by atoms with Crippen molar-refractivity contribution in [3.63, 3.8) is 0 Å². The van der Waals surface area contributed by atoms with Gasteiger partial charge in [-0.1, -0.05) is 12.2 Å². The largest absolute Gasteiger partial charge is 0.393 e. The Kier molecular flexibility index (Phi) is 6.72. The molecule has 0 saturated carbocycles. The molecule has 0 aromatic rings. The normalized spacial score (nSPS) is 11.8. The molecule has 0 fully saturated rings. The molecule has 0 aromatic heterocycles. The number of rotatable bonds is 6. The first-order valence-corrected chi connectivity index (χ1v) is 6.07. The molecule has 17 heavy (non-hydrogen) atoms. The van der Waals surface area contributed by atoms with Gasteiger partial charge in [0.05, 0.1) is 17.5 Å². The Bertz CT molecular complexity index is 303. The zero-order chi connectivity index (χ0) is 13.6. The number of thiocarbonyl (C=S) groups is 1. The van der Waals surface area contributed by atoms with Crippen LogP contribution in [0.5, 0.6) is 0 Å². The first-order chi connectivity index (χ1) is 7.84. The summed E-state index contributed by atoms with van der Waals surface area (Å²) in [6, 6.07) is 0. The summed E-state index contributed by atoms with van der Waals surface area (Å²) in [6.07, 6.45) is 0. The Morgan fingerprint density at radius 1 is 1.29 bits per heavy atom. The average molecular weight is 259 g/mol. The Labute approximate surface area is 108 Å². The molecule has 0 aliphatic heterocycles. The first-order valence-electron chi connectivity index (χ1n) is 5.67. The fraction of sp³-hybridized carbons (Fsp3) is 0.727. The predicted octanol–water partition coefficient (Wildman–Crippen LogP) is 0.235. The van der Waals surface area contributed by atoms with Gasteiger partial charge < -0.3 is 15.5 Å². The second-order valence-electron chi connectivity index (χ2n) is 3.88. The van der Waals surface area contributed by atoms with E-state index in [-0.39, 0.29) is 23.3 Å².